The second-order valence-electron chi connectivity index (χ2n) is 3.17. The maximum absolute atomic E-state index is 10.9. The Morgan fingerprint density at radius 1 is 1.60 bits per heavy atom. The van der Waals surface area contributed by atoms with E-state index in [0.717, 1.165) is 0 Å². The van der Waals surface area contributed by atoms with E-state index in [1.165, 1.54) is 0 Å². The Bertz CT molecular complexity index is 504. The number of nitrogens with zero attached hydrogens (tertiary/aromatic N) is 2. The fourth-order valence-corrected chi connectivity index (χ4v) is 1.54. The Balaban J connectivity index is 2.67. The van der Waals surface area contributed by atoms with Gasteiger partial charge in [-0.3, -0.25) is 0 Å². The monoisotopic (exact) mass is 205 g/mol. The SMILES string of the molecule is CNCc1nc(C(=O)O)c2ccccn12. The molecule has 0 aromatic carbocycles. The molecule has 2 aromatic heterocycles. The molecule has 0 amide bonds. The predicted molar refractivity (Wildman–Crippen MR) is 54.9 cm³/mol. The van der Waals surface area contributed by atoms with Gasteiger partial charge in [-0.05, 0) is 19.2 Å². The van der Waals surface area contributed by atoms with Crippen molar-refractivity contribution >= 4 is 11.5 Å². The molecular weight excluding hydrogens is 194 g/mol. The number of hydrogen-bond donors (Lipinski definition) is 2. The zero-order valence-electron chi connectivity index (χ0n) is 8.27. The van der Waals surface area contributed by atoms with Crippen LogP contribution in [0.1, 0.15) is 16.3 Å². The van der Waals surface area contributed by atoms with E-state index in [0.29, 0.717) is 17.9 Å². The van der Waals surface area contributed by atoms with Crippen LogP contribution in [-0.2, 0) is 6.54 Å². The molecule has 2 rings (SSSR count). The quantitative estimate of drug-likeness (QED) is 0.776. The van der Waals surface area contributed by atoms with Gasteiger partial charge in [0, 0.05) is 6.20 Å². The first-order chi connectivity index (χ1) is 7.24. The summed E-state index contributed by atoms with van der Waals surface area (Å²) in [6, 6.07) is 5.39. The van der Waals surface area contributed by atoms with E-state index in [-0.39, 0.29) is 5.69 Å². The number of rotatable bonds is 3. The maximum Gasteiger partial charge on any atom is 0.356 e. The lowest BCUT2D eigenvalue weighted by molar-refractivity contribution is 0.0693. The van der Waals surface area contributed by atoms with Crippen LogP contribution in [0.15, 0.2) is 24.4 Å². The molecule has 0 bridgehead atoms. The van der Waals surface area contributed by atoms with Crippen LogP contribution in [0, 0.1) is 0 Å². The van der Waals surface area contributed by atoms with Gasteiger partial charge in [-0.2, -0.15) is 0 Å². The second-order valence-corrected chi connectivity index (χ2v) is 3.17. The van der Waals surface area contributed by atoms with Crippen LogP contribution in [0.5, 0.6) is 0 Å². The summed E-state index contributed by atoms with van der Waals surface area (Å²) < 4.78 is 1.78. The van der Waals surface area contributed by atoms with Crippen molar-refractivity contribution in [3.63, 3.8) is 0 Å². The normalized spacial score (nSPS) is 10.7. The van der Waals surface area contributed by atoms with Crippen molar-refractivity contribution in [2.75, 3.05) is 7.05 Å². The van der Waals surface area contributed by atoms with Gasteiger partial charge in [-0.15, -0.1) is 0 Å². The smallest absolute Gasteiger partial charge is 0.356 e. The number of carbonyl (C=O) groups is 1. The van der Waals surface area contributed by atoms with E-state index in [4.69, 9.17) is 5.11 Å². The number of fused-ring (bicyclic) bond motifs is 1. The van der Waals surface area contributed by atoms with Gasteiger partial charge in [0.2, 0.25) is 0 Å². The van der Waals surface area contributed by atoms with Gasteiger partial charge in [0.05, 0.1) is 12.1 Å². The molecule has 0 unspecified atom stereocenters. The highest BCUT2D eigenvalue weighted by atomic mass is 16.4. The first-order valence-corrected chi connectivity index (χ1v) is 4.58. The highest BCUT2D eigenvalue weighted by Gasteiger charge is 2.15. The molecule has 0 radical (unpaired) electrons. The van der Waals surface area contributed by atoms with Crippen LogP contribution in [-0.4, -0.2) is 27.5 Å². The molecule has 2 aromatic rings. The van der Waals surface area contributed by atoms with Crippen LogP contribution in [0.4, 0.5) is 0 Å². The lowest BCUT2D eigenvalue weighted by Gasteiger charge is -1.98. The van der Waals surface area contributed by atoms with Crippen molar-refractivity contribution in [1.29, 1.82) is 0 Å². The van der Waals surface area contributed by atoms with Crippen LogP contribution < -0.4 is 5.32 Å². The highest BCUT2D eigenvalue weighted by molar-refractivity contribution is 5.93. The molecule has 5 heteroatoms. The minimum Gasteiger partial charge on any atom is -0.476 e. The summed E-state index contributed by atoms with van der Waals surface area (Å²) in [5.41, 5.74) is 0.719. The summed E-state index contributed by atoms with van der Waals surface area (Å²) in [5.74, 6) is -0.299. The van der Waals surface area contributed by atoms with Gasteiger partial charge >= 0.3 is 5.97 Å². The minimum atomic E-state index is -0.999. The Morgan fingerprint density at radius 2 is 2.40 bits per heavy atom. The van der Waals surface area contributed by atoms with Gasteiger partial charge < -0.3 is 14.8 Å². The van der Waals surface area contributed by atoms with E-state index in [2.05, 4.69) is 10.3 Å². The molecular formula is C10H11N3O2. The number of hydrogen-bond acceptors (Lipinski definition) is 3. The number of carboxylic acids is 1. The average molecular weight is 205 g/mol. The summed E-state index contributed by atoms with van der Waals surface area (Å²) in [6.07, 6.45) is 1.81. The summed E-state index contributed by atoms with van der Waals surface area (Å²) in [7, 11) is 1.80. The molecule has 5 nitrogen and oxygen atoms in total. The van der Waals surface area contributed by atoms with Gasteiger partial charge in [-0.1, -0.05) is 6.07 Å². The van der Waals surface area contributed by atoms with Crippen molar-refractivity contribution in [3.05, 3.63) is 35.9 Å². The van der Waals surface area contributed by atoms with Gasteiger partial charge in [-0.25, -0.2) is 9.78 Å². The third kappa shape index (κ3) is 1.57. The molecule has 15 heavy (non-hydrogen) atoms. The molecule has 0 aliphatic rings. The van der Waals surface area contributed by atoms with Crippen LogP contribution in [0.3, 0.4) is 0 Å². The lowest BCUT2D eigenvalue weighted by atomic mass is 10.3. The predicted octanol–water partition coefficient (Wildman–Crippen LogP) is 0.752. The largest absolute Gasteiger partial charge is 0.476 e. The van der Waals surface area contributed by atoms with E-state index in [1.54, 1.807) is 29.8 Å². The average Bonchev–Trinajstić information content (AvgIpc) is 2.59. The van der Waals surface area contributed by atoms with E-state index >= 15 is 0 Å². The van der Waals surface area contributed by atoms with Crippen molar-refractivity contribution in [3.8, 4) is 0 Å². The highest BCUT2D eigenvalue weighted by Crippen LogP contribution is 2.12. The first kappa shape index (κ1) is 9.67. The number of aromatic nitrogens is 2. The summed E-state index contributed by atoms with van der Waals surface area (Å²) in [4.78, 5) is 15.0. The van der Waals surface area contributed by atoms with Crippen LogP contribution >= 0.6 is 0 Å². The number of carboxylic acid groups (broad SMARTS) is 1. The summed E-state index contributed by atoms with van der Waals surface area (Å²) in [5, 5.41) is 11.9. The van der Waals surface area contributed by atoms with Crippen molar-refractivity contribution in [2.24, 2.45) is 0 Å². The van der Waals surface area contributed by atoms with Crippen LogP contribution in [0.25, 0.3) is 5.52 Å². The molecule has 0 aliphatic carbocycles. The van der Waals surface area contributed by atoms with Gasteiger partial charge in [0.1, 0.15) is 5.82 Å². The van der Waals surface area contributed by atoms with Crippen LogP contribution in [0.2, 0.25) is 0 Å². The molecule has 0 saturated carbocycles. The number of pyridine rings is 1. The Labute approximate surface area is 86.4 Å². The molecule has 0 atom stereocenters. The molecule has 0 aliphatic heterocycles. The zero-order chi connectivity index (χ0) is 10.8. The molecule has 2 heterocycles. The maximum atomic E-state index is 10.9. The summed E-state index contributed by atoms with van der Waals surface area (Å²) in [6.45, 7) is 0.540. The molecule has 2 N–H and O–H groups in total. The van der Waals surface area contributed by atoms with Crippen molar-refractivity contribution < 1.29 is 9.90 Å². The van der Waals surface area contributed by atoms with Gasteiger partial charge in [0.15, 0.2) is 5.69 Å². The van der Waals surface area contributed by atoms with Crippen molar-refractivity contribution in [2.45, 2.75) is 6.54 Å². The molecule has 0 fully saturated rings. The van der Waals surface area contributed by atoms with E-state index in [1.807, 2.05) is 6.07 Å². The standard InChI is InChI=1S/C10H11N3O2/c1-11-6-8-12-9(10(14)15)7-4-2-3-5-13(7)8/h2-5,11H,6H2,1H3,(H,14,15). The Kier molecular flexibility index (Phi) is 2.39. The third-order valence-corrected chi connectivity index (χ3v) is 2.16. The first-order valence-electron chi connectivity index (χ1n) is 4.58. The van der Waals surface area contributed by atoms with Gasteiger partial charge in [0.25, 0.3) is 0 Å². The number of nitrogens with one attached hydrogen (secondary N) is 1. The molecule has 78 valence electrons. The zero-order valence-corrected chi connectivity index (χ0v) is 8.27. The third-order valence-electron chi connectivity index (χ3n) is 2.16. The topological polar surface area (TPSA) is 66.6 Å². The fourth-order valence-electron chi connectivity index (χ4n) is 1.54. The fraction of sp³-hybridized carbons (Fsp3) is 0.200. The summed E-state index contributed by atoms with van der Waals surface area (Å²) >= 11 is 0. The number of imidazole rings is 1. The number of aromatic carboxylic acids is 1. The molecule has 0 spiro atoms. The Hall–Kier alpha value is -1.88. The Morgan fingerprint density at radius 3 is 3.07 bits per heavy atom. The van der Waals surface area contributed by atoms with E-state index < -0.39 is 5.97 Å². The lowest BCUT2D eigenvalue weighted by Crippen LogP contribution is -2.08. The second kappa shape index (κ2) is 3.70. The minimum absolute atomic E-state index is 0.0980. The van der Waals surface area contributed by atoms with E-state index in [9.17, 15) is 4.79 Å². The van der Waals surface area contributed by atoms with Crippen molar-refractivity contribution in [1.82, 2.24) is 14.7 Å². The molecule has 0 saturated heterocycles.